The molecule has 0 saturated carbocycles. The number of carboxylic acids is 1. The van der Waals surface area contributed by atoms with Crippen molar-refractivity contribution in [1.29, 1.82) is 0 Å². The van der Waals surface area contributed by atoms with Crippen molar-refractivity contribution >= 4 is 34.4 Å². The van der Waals surface area contributed by atoms with E-state index in [1.54, 1.807) is 30.1 Å². The minimum atomic E-state index is -0.808. The normalized spacial score (nSPS) is 11.0. The molecular weight excluding hydrogens is 479 g/mol. The second kappa shape index (κ2) is 11.3. The van der Waals surface area contributed by atoms with E-state index >= 15 is 0 Å². The number of hydrogen-bond donors (Lipinski definition) is 1. The van der Waals surface area contributed by atoms with Crippen LogP contribution in [0.4, 0.5) is 4.39 Å². The molecule has 0 unspecified atom stereocenters. The quantitative estimate of drug-likeness (QED) is 0.255. The summed E-state index contributed by atoms with van der Waals surface area (Å²) < 4.78 is 13.2. The number of nitrogens with zero attached hydrogens (tertiary/aromatic N) is 2. The number of unbranched alkanes of at least 4 members (excludes halogenated alkanes) is 1. The number of pyridine rings is 1. The molecule has 36 heavy (non-hydrogen) atoms. The first-order chi connectivity index (χ1) is 17.3. The van der Waals surface area contributed by atoms with Gasteiger partial charge < -0.3 is 10.0 Å². The zero-order valence-corrected chi connectivity index (χ0v) is 20.6. The van der Waals surface area contributed by atoms with Crippen molar-refractivity contribution in [3.63, 3.8) is 0 Å². The Labute approximate surface area is 214 Å². The second-order valence-electron chi connectivity index (χ2n) is 8.80. The van der Waals surface area contributed by atoms with Crippen molar-refractivity contribution < 1.29 is 19.1 Å². The Kier molecular flexibility index (Phi) is 7.96. The van der Waals surface area contributed by atoms with Crippen LogP contribution in [0.2, 0.25) is 5.02 Å². The van der Waals surface area contributed by atoms with E-state index in [0.29, 0.717) is 36.4 Å². The van der Waals surface area contributed by atoms with Crippen LogP contribution in [-0.4, -0.2) is 33.9 Å². The van der Waals surface area contributed by atoms with Crippen molar-refractivity contribution in [2.24, 2.45) is 0 Å². The Morgan fingerprint density at radius 2 is 1.69 bits per heavy atom. The van der Waals surface area contributed by atoms with Crippen LogP contribution in [0, 0.1) is 5.82 Å². The third kappa shape index (κ3) is 6.26. The lowest BCUT2D eigenvalue weighted by Gasteiger charge is -2.18. The molecule has 5 nitrogen and oxygen atoms in total. The maximum absolute atomic E-state index is 13.2. The summed E-state index contributed by atoms with van der Waals surface area (Å²) in [6.45, 7) is 0.361. The fourth-order valence-corrected chi connectivity index (χ4v) is 4.28. The first-order valence-corrected chi connectivity index (χ1v) is 12.1. The molecule has 0 aliphatic carbocycles. The van der Waals surface area contributed by atoms with E-state index in [4.69, 9.17) is 21.7 Å². The van der Waals surface area contributed by atoms with Gasteiger partial charge in [0.1, 0.15) is 5.82 Å². The van der Waals surface area contributed by atoms with E-state index in [0.717, 1.165) is 33.3 Å². The Morgan fingerprint density at radius 3 is 2.39 bits per heavy atom. The molecule has 7 heteroatoms. The van der Waals surface area contributed by atoms with Crippen LogP contribution >= 0.6 is 11.6 Å². The maximum Gasteiger partial charge on any atom is 0.303 e. The van der Waals surface area contributed by atoms with Crippen LogP contribution in [0.25, 0.3) is 22.2 Å². The van der Waals surface area contributed by atoms with Gasteiger partial charge in [-0.15, -0.1) is 0 Å². The van der Waals surface area contributed by atoms with E-state index in [1.807, 2.05) is 42.5 Å². The molecule has 0 radical (unpaired) electrons. The fourth-order valence-electron chi connectivity index (χ4n) is 4.15. The standard InChI is InChI=1S/C29H26ClFN2O3/c1-33(18-19-6-13-25(31)14-7-19)29(36)22-10-15-26-23(17-22)16-21(4-2-3-5-27(34)35)28(32-26)20-8-11-24(30)12-9-20/h6-17H,2-5,18H2,1H3,(H,34,35). The van der Waals surface area contributed by atoms with Gasteiger partial charge in [-0.3, -0.25) is 9.59 Å². The minimum Gasteiger partial charge on any atom is -0.481 e. The molecule has 1 heterocycles. The largest absolute Gasteiger partial charge is 0.481 e. The summed E-state index contributed by atoms with van der Waals surface area (Å²) in [5, 5.41) is 10.4. The van der Waals surface area contributed by atoms with Crippen molar-refractivity contribution in [3.05, 3.63) is 100 Å². The second-order valence-corrected chi connectivity index (χ2v) is 9.24. The summed E-state index contributed by atoms with van der Waals surface area (Å²) in [6.07, 6.45) is 2.06. The number of halogens is 2. The highest BCUT2D eigenvalue weighted by molar-refractivity contribution is 6.30. The smallest absolute Gasteiger partial charge is 0.303 e. The number of carbonyl (C=O) groups excluding carboxylic acids is 1. The maximum atomic E-state index is 13.2. The Morgan fingerprint density at radius 1 is 0.972 bits per heavy atom. The number of fused-ring (bicyclic) bond motifs is 1. The number of hydrogen-bond acceptors (Lipinski definition) is 3. The van der Waals surface area contributed by atoms with Gasteiger partial charge in [0, 0.05) is 41.5 Å². The molecule has 0 aliphatic heterocycles. The molecule has 0 spiro atoms. The molecule has 0 atom stereocenters. The highest BCUT2D eigenvalue weighted by Gasteiger charge is 2.15. The molecule has 1 N–H and O–H groups in total. The molecular formula is C29H26ClFN2O3. The molecule has 0 bridgehead atoms. The van der Waals surface area contributed by atoms with E-state index in [1.165, 1.54) is 12.1 Å². The van der Waals surface area contributed by atoms with Crippen LogP contribution in [0.3, 0.4) is 0 Å². The molecule has 1 amide bonds. The lowest BCUT2D eigenvalue weighted by atomic mass is 9.98. The highest BCUT2D eigenvalue weighted by atomic mass is 35.5. The number of aliphatic carboxylic acids is 1. The third-order valence-electron chi connectivity index (χ3n) is 6.02. The molecule has 4 aromatic rings. The number of benzene rings is 3. The van der Waals surface area contributed by atoms with Gasteiger partial charge in [-0.25, -0.2) is 9.37 Å². The molecule has 1 aromatic heterocycles. The SMILES string of the molecule is CN(Cc1ccc(F)cc1)C(=O)c1ccc2nc(-c3ccc(Cl)cc3)c(CCCCC(=O)O)cc2c1. The number of carboxylic acid groups (broad SMARTS) is 1. The highest BCUT2D eigenvalue weighted by Crippen LogP contribution is 2.29. The number of rotatable bonds is 9. The monoisotopic (exact) mass is 504 g/mol. The van der Waals surface area contributed by atoms with Gasteiger partial charge in [-0.05, 0) is 78.9 Å². The summed E-state index contributed by atoms with van der Waals surface area (Å²) in [6, 6.07) is 21.0. The van der Waals surface area contributed by atoms with Gasteiger partial charge in [-0.1, -0.05) is 35.9 Å². The summed E-state index contributed by atoms with van der Waals surface area (Å²) in [4.78, 5) is 30.5. The van der Waals surface area contributed by atoms with Gasteiger partial charge in [0.2, 0.25) is 0 Å². The fraction of sp³-hybridized carbons (Fsp3) is 0.207. The first-order valence-electron chi connectivity index (χ1n) is 11.7. The lowest BCUT2D eigenvalue weighted by Crippen LogP contribution is -2.26. The first kappa shape index (κ1) is 25.3. The van der Waals surface area contributed by atoms with Gasteiger partial charge >= 0.3 is 5.97 Å². The molecule has 0 fully saturated rings. The van der Waals surface area contributed by atoms with Gasteiger partial charge in [-0.2, -0.15) is 0 Å². The van der Waals surface area contributed by atoms with E-state index < -0.39 is 5.97 Å². The zero-order chi connectivity index (χ0) is 25.7. The van der Waals surface area contributed by atoms with E-state index in [9.17, 15) is 14.0 Å². The zero-order valence-electron chi connectivity index (χ0n) is 19.9. The summed E-state index contributed by atoms with van der Waals surface area (Å²) >= 11 is 6.07. The van der Waals surface area contributed by atoms with E-state index in [2.05, 4.69) is 0 Å². The summed E-state index contributed by atoms with van der Waals surface area (Å²) in [7, 11) is 1.71. The Bertz CT molecular complexity index is 1390. The molecule has 0 saturated heterocycles. The van der Waals surface area contributed by atoms with Crippen LogP contribution in [0.5, 0.6) is 0 Å². The predicted molar refractivity (Wildman–Crippen MR) is 140 cm³/mol. The van der Waals surface area contributed by atoms with Crippen molar-refractivity contribution in [1.82, 2.24) is 9.88 Å². The van der Waals surface area contributed by atoms with Gasteiger partial charge in [0.15, 0.2) is 0 Å². The predicted octanol–water partition coefficient (Wildman–Crippen LogP) is 6.76. The molecule has 0 aliphatic rings. The average Bonchev–Trinajstić information content (AvgIpc) is 2.87. The number of aryl methyl sites for hydroxylation is 1. The molecule has 3 aromatic carbocycles. The summed E-state index contributed by atoms with van der Waals surface area (Å²) in [5.74, 6) is -1.27. The van der Waals surface area contributed by atoms with Gasteiger partial charge in [0.25, 0.3) is 5.91 Å². The topological polar surface area (TPSA) is 70.5 Å². The van der Waals surface area contributed by atoms with Crippen molar-refractivity contribution in [2.45, 2.75) is 32.2 Å². The van der Waals surface area contributed by atoms with Gasteiger partial charge in [0.05, 0.1) is 11.2 Å². The van der Waals surface area contributed by atoms with Crippen LogP contribution in [0.1, 0.15) is 40.7 Å². The molecule has 4 rings (SSSR count). The third-order valence-corrected chi connectivity index (χ3v) is 6.28. The average molecular weight is 505 g/mol. The number of carbonyl (C=O) groups is 2. The van der Waals surface area contributed by atoms with Crippen LogP contribution in [-0.2, 0) is 17.8 Å². The Balaban J connectivity index is 1.63. The lowest BCUT2D eigenvalue weighted by molar-refractivity contribution is -0.137. The van der Waals surface area contributed by atoms with Crippen LogP contribution in [0.15, 0.2) is 72.8 Å². The van der Waals surface area contributed by atoms with Crippen molar-refractivity contribution in [2.75, 3.05) is 7.05 Å². The van der Waals surface area contributed by atoms with Crippen molar-refractivity contribution in [3.8, 4) is 11.3 Å². The van der Waals surface area contributed by atoms with Crippen LogP contribution < -0.4 is 0 Å². The minimum absolute atomic E-state index is 0.121. The number of amides is 1. The number of aromatic nitrogens is 1. The van der Waals surface area contributed by atoms with E-state index in [-0.39, 0.29) is 18.1 Å². The molecule has 184 valence electrons. The summed E-state index contributed by atoms with van der Waals surface area (Å²) in [5.41, 5.74) is 4.86. The Hall–Kier alpha value is -3.77.